The van der Waals surface area contributed by atoms with Gasteiger partial charge in [0.15, 0.2) is 6.10 Å². The minimum Gasteiger partial charge on any atom is -0.352 e. The van der Waals surface area contributed by atoms with Crippen molar-refractivity contribution in [3.63, 3.8) is 0 Å². The monoisotopic (exact) mass is 383 g/mol. The van der Waals surface area contributed by atoms with Gasteiger partial charge in [0.2, 0.25) is 0 Å². The van der Waals surface area contributed by atoms with Crippen LogP contribution < -0.4 is 0 Å². The Balaban J connectivity index is 1.50. The number of likely N-dealkylation sites (tertiary alicyclic amines) is 1. The van der Waals surface area contributed by atoms with Crippen LogP contribution in [-0.2, 0) is 28.2 Å². The number of pyridine rings is 1. The van der Waals surface area contributed by atoms with Gasteiger partial charge in [-0.1, -0.05) is 0 Å². The zero-order chi connectivity index (χ0) is 19.6. The van der Waals surface area contributed by atoms with Crippen LogP contribution in [-0.4, -0.2) is 62.5 Å². The molecule has 4 rings (SSSR count). The van der Waals surface area contributed by atoms with E-state index < -0.39 is 11.7 Å². The molecule has 0 saturated carbocycles. The normalized spacial score (nSPS) is 21.4. The number of nitrogens with zero attached hydrogens (tertiary/aromatic N) is 5. The predicted octanol–water partition coefficient (Wildman–Crippen LogP) is 2.04. The second kappa shape index (κ2) is 8.01. The summed E-state index contributed by atoms with van der Waals surface area (Å²) < 4.78 is 8.65. The third-order valence-corrected chi connectivity index (χ3v) is 6.02. The number of rotatable bonds is 5. The maximum absolute atomic E-state index is 13.0. The molecule has 1 fully saturated rings. The summed E-state index contributed by atoms with van der Waals surface area (Å²) in [5.41, 5.74) is 0.802. The van der Waals surface area contributed by atoms with Crippen molar-refractivity contribution < 1.29 is 9.53 Å². The molecular weight excluding hydrogens is 354 g/mol. The van der Waals surface area contributed by atoms with Crippen LogP contribution in [0.3, 0.4) is 0 Å². The topological polar surface area (TPSA) is 63.5 Å². The molecule has 0 N–H and O–H groups in total. The van der Waals surface area contributed by atoms with E-state index in [1.165, 1.54) is 5.56 Å². The summed E-state index contributed by atoms with van der Waals surface area (Å²) in [7, 11) is 0. The van der Waals surface area contributed by atoms with Crippen molar-refractivity contribution in [2.24, 2.45) is 0 Å². The van der Waals surface area contributed by atoms with Crippen molar-refractivity contribution in [1.82, 2.24) is 24.3 Å². The highest BCUT2D eigenvalue weighted by molar-refractivity contribution is 5.81. The number of hydrogen-bond acceptors (Lipinski definition) is 5. The standard InChI is InChI=1S/C21H29N5O2/c1-3-25(4-2)19(27)18-16-26-14-11-23-20(26)21(28-18)7-12-24(13-8-21)15-17-5-9-22-10-6-17/h5-6,9-11,14,18H,3-4,7-8,12-13,15-16H2,1-2H3. The molecule has 150 valence electrons. The Hall–Kier alpha value is -2.25. The lowest BCUT2D eigenvalue weighted by Gasteiger charge is -2.46. The fourth-order valence-electron chi connectivity index (χ4n) is 4.42. The average Bonchev–Trinajstić information content (AvgIpc) is 3.21. The molecule has 7 heteroatoms. The van der Waals surface area contributed by atoms with Crippen molar-refractivity contribution in [3.05, 3.63) is 48.3 Å². The zero-order valence-electron chi connectivity index (χ0n) is 16.8. The van der Waals surface area contributed by atoms with Gasteiger partial charge in [0.05, 0.1) is 6.54 Å². The molecule has 2 aliphatic heterocycles. The number of hydrogen-bond donors (Lipinski definition) is 0. The van der Waals surface area contributed by atoms with Crippen LogP contribution in [0.1, 0.15) is 38.1 Å². The Morgan fingerprint density at radius 2 is 1.93 bits per heavy atom. The fourth-order valence-corrected chi connectivity index (χ4v) is 4.42. The molecule has 1 saturated heterocycles. The maximum Gasteiger partial charge on any atom is 0.253 e. The van der Waals surface area contributed by atoms with E-state index in [-0.39, 0.29) is 5.91 Å². The van der Waals surface area contributed by atoms with Crippen LogP contribution in [0.4, 0.5) is 0 Å². The predicted molar refractivity (Wildman–Crippen MR) is 105 cm³/mol. The number of carbonyl (C=O) groups excluding carboxylic acids is 1. The van der Waals surface area contributed by atoms with Crippen LogP contribution in [0.25, 0.3) is 0 Å². The first-order valence-corrected chi connectivity index (χ1v) is 10.2. The molecule has 28 heavy (non-hydrogen) atoms. The number of ether oxygens (including phenoxy) is 1. The number of imidazole rings is 1. The summed E-state index contributed by atoms with van der Waals surface area (Å²) in [5, 5.41) is 0. The minimum absolute atomic E-state index is 0.0861. The summed E-state index contributed by atoms with van der Waals surface area (Å²) in [6.07, 6.45) is 8.73. The molecule has 0 bridgehead atoms. The molecule has 2 aliphatic rings. The van der Waals surface area contributed by atoms with Crippen LogP contribution in [0.15, 0.2) is 36.9 Å². The van der Waals surface area contributed by atoms with E-state index >= 15 is 0 Å². The van der Waals surface area contributed by atoms with Crippen LogP contribution >= 0.6 is 0 Å². The smallest absolute Gasteiger partial charge is 0.253 e. The van der Waals surface area contributed by atoms with Gasteiger partial charge in [0.25, 0.3) is 5.91 Å². The van der Waals surface area contributed by atoms with Crippen molar-refractivity contribution in [2.45, 2.75) is 51.5 Å². The zero-order valence-corrected chi connectivity index (χ0v) is 16.8. The van der Waals surface area contributed by atoms with Gasteiger partial charge in [-0.15, -0.1) is 0 Å². The molecule has 0 aromatic carbocycles. The third-order valence-electron chi connectivity index (χ3n) is 6.02. The molecule has 0 aliphatic carbocycles. The summed E-state index contributed by atoms with van der Waals surface area (Å²) in [5.74, 6) is 1.06. The Morgan fingerprint density at radius 1 is 1.21 bits per heavy atom. The van der Waals surface area contributed by atoms with Crippen LogP contribution in [0.5, 0.6) is 0 Å². The van der Waals surface area contributed by atoms with Gasteiger partial charge in [-0.25, -0.2) is 4.98 Å². The van der Waals surface area contributed by atoms with E-state index in [1.807, 2.05) is 43.5 Å². The first-order valence-electron chi connectivity index (χ1n) is 10.2. The summed E-state index contributed by atoms with van der Waals surface area (Å²) in [6, 6.07) is 4.12. The lowest BCUT2D eigenvalue weighted by atomic mass is 9.88. The summed E-state index contributed by atoms with van der Waals surface area (Å²) in [6.45, 7) is 8.74. The highest BCUT2D eigenvalue weighted by Crippen LogP contribution is 2.40. The first-order chi connectivity index (χ1) is 13.6. The van der Waals surface area contributed by atoms with E-state index in [0.717, 1.165) is 38.3 Å². The number of likely N-dealkylation sites (N-methyl/N-ethyl adjacent to an activating group) is 1. The van der Waals surface area contributed by atoms with Gasteiger partial charge >= 0.3 is 0 Å². The van der Waals surface area contributed by atoms with Gasteiger partial charge in [-0.3, -0.25) is 14.7 Å². The number of piperidine rings is 1. The highest BCUT2D eigenvalue weighted by Gasteiger charge is 2.47. The Morgan fingerprint density at radius 3 is 2.61 bits per heavy atom. The van der Waals surface area contributed by atoms with E-state index in [1.54, 1.807) is 0 Å². The average molecular weight is 383 g/mol. The molecule has 4 heterocycles. The van der Waals surface area contributed by atoms with Gasteiger partial charge in [-0.2, -0.15) is 0 Å². The second-order valence-corrected chi connectivity index (χ2v) is 7.65. The van der Waals surface area contributed by atoms with Crippen molar-refractivity contribution >= 4 is 5.91 Å². The second-order valence-electron chi connectivity index (χ2n) is 7.65. The van der Waals surface area contributed by atoms with Gasteiger partial charge < -0.3 is 14.2 Å². The van der Waals surface area contributed by atoms with E-state index in [0.29, 0.717) is 19.6 Å². The van der Waals surface area contributed by atoms with Crippen LogP contribution in [0, 0.1) is 0 Å². The molecular formula is C21H29N5O2. The summed E-state index contributed by atoms with van der Waals surface area (Å²) >= 11 is 0. The molecule has 1 spiro atoms. The number of fused-ring (bicyclic) bond motifs is 2. The Kier molecular flexibility index (Phi) is 5.46. The van der Waals surface area contributed by atoms with E-state index in [4.69, 9.17) is 4.74 Å². The number of aromatic nitrogens is 3. The van der Waals surface area contributed by atoms with Gasteiger partial charge in [0.1, 0.15) is 11.4 Å². The van der Waals surface area contributed by atoms with E-state index in [2.05, 4.69) is 31.6 Å². The molecule has 1 amide bonds. The van der Waals surface area contributed by atoms with Crippen molar-refractivity contribution in [2.75, 3.05) is 26.2 Å². The minimum atomic E-state index is -0.468. The quantitative estimate of drug-likeness (QED) is 0.791. The Bertz CT molecular complexity index is 794. The number of amides is 1. The van der Waals surface area contributed by atoms with Crippen LogP contribution in [0.2, 0.25) is 0 Å². The molecule has 1 atom stereocenters. The van der Waals surface area contributed by atoms with Crippen molar-refractivity contribution in [1.29, 1.82) is 0 Å². The molecule has 7 nitrogen and oxygen atoms in total. The molecule has 1 unspecified atom stereocenters. The highest BCUT2D eigenvalue weighted by atomic mass is 16.5. The molecule has 2 aromatic heterocycles. The van der Waals surface area contributed by atoms with Gasteiger partial charge in [0, 0.05) is 57.5 Å². The van der Waals surface area contributed by atoms with Crippen molar-refractivity contribution in [3.8, 4) is 0 Å². The number of carbonyl (C=O) groups is 1. The first kappa shape index (κ1) is 19.1. The van der Waals surface area contributed by atoms with E-state index in [9.17, 15) is 4.79 Å². The lowest BCUT2D eigenvalue weighted by Crippen LogP contribution is -2.54. The third kappa shape index (κ3) is 3.56. The SMILES string of the molecule is CCN(CC)C(=O)C1Cn2ccnc2C2(CCN(Cc3ccncc3)CC2)O1. The largest absolute Gasteiger partial charge is 0.352 e. The van der Waals surface area contributed by atoms with Gasteiger partial charge in [-0.05, 0) is 44.4 Å². The fraction of sp³-hybridized carbons (Fsp3) is 0.571. The Labute approximate surface area is 166 Å². The lowest BCUT2D eigenvalue weighted by molar-refractivity contribution is -0.181. The molecule has 0 radical (unpaired) electrons. The maximum atomic E-state index is 13.0. The summed E-state index contributed by atoms with van der Waals surface area (Å²) in [4.78, 5) is 26.0. The molecule has 2 aromatic rings.